The molecule has 14 heavy (non-hydrogen) atoms. The molecule has 0 aliphatic rings. The summed E-state index contributed by atoms with van der Waals surface area (Å²) < 4.78 is 0. The number of allylic oxidation sites excluding steroid dienone is 1. The van der Waals surface area contributed by atoms with E-state index in [0.717, 1.165) is 6.42 Å². The number of hydrogen-bond acceptors (Lipinski definition) is 3. The fourth-order valence-corrected chi connectivity index (χ4v) is 1.16. The van der Waals surface area contributed by atoms with Crippen LogP contribution in [0.3, 0.4) is 0 Å². The van der Waals surface area contributed by atoms with E-state index < -0.39 is 6.10 Å². The van der Waals surface area contributed by atoms with Crippen LogP contribution in [0.1, 0.15) is 32.6 Å². The highest BCUT2D eigenvalue weighted by Crippen LogP contribution is 2.00. The van der Waals surface area contributed by atoms with Gasteiger partial charge in [-0.1, -0.05) is 31.9 Å². The molecule has 0 aromatic heterocycles. The molecule has 0 fully saturated rings. The van der Waals surface area contributed by atoms with Gasteiger partial charge in [0.15, 0.2) is 0 Å². The van der Waals surface area contributed by atoms with Crippen molar-refractivity contribution in [1.82, 2.24) is 5.32 Å². The summed E-state index contributed by atoms with van der Waals surface area (Å²) in [5, 5.41) is 20.8. The number of nitrogens with one attached hydrogen (secondary N) is 1. The minimum Gasteiger partial charge on any atom is -0.395 e. The van der Waals surface area contributed by atoms with Crippen molar-refractivity contribution in [2.24, 2.45) is 0 Å². The third-order valence-corrected chi connectivity index (χ3v) is 1.97. The molecule has 3 nitrogen and oxygen atoms in total. The first-order chi connectivity index (χ1) is 6.81. The first-order valence-electron chi connectivity index (χ1n) is 5.47. The fraction of sp³-hybridized carbons (Fsp3) is 0.818. The van der Waals surface area contributed by atoms with Gasteiger partial charge in [-0.25, -0.2) is 0 Å². The van der Waals surface area contributed by atoms with Crippen LogP contribution in [0, 0.1) is 0 Å². The SMILES string of the molecule is CCCCC/C=C/C(O)CNCCO. The topological polar surface area (TPSA) is 52.5 Å². The van der Waals surface area contributed by atoms with E-state index in [0.29, 0.717) is 13.1 Å². The van der Waals surface area contributed by atoms with Crippen molar-refractivity contribution in [2.45, 2.75) is 38.7 Å². The summed E-state index contributed by atoms with van der Waals surface area (Å²) >= 11 is 0. The van der Waals surface area contributed by atoms with Crippen LogP contribution in [0.15, 0.2) is 12.2 Å². The van der Waals surface area contributed by atoms with E-state index in [9.17, 15) is 5.11 Å². The summed E-state index contributed by atoms with van der Waals surface area (Å²) in [7, 11) is 0. The van der Waals surface area contributed by atoms with Crippen molar-refractivity contribution in [3.8, 4) is 0 Å². The van der Waals surface area contributed by atoms with E-state index in [1.165, 1.54) is 19.3 Å². The molecule has 1 atom stereocenters. The Balaban J connectivity index is 3.26. The molecule has 0 aliphatic heterocycles. The third kappa shape index (κ3) is 9.71. The van der Waals surface area contributed by atoms with Crippen LogP contribution in [0.4, 0.5) is 0 Å². The lowest BCUT2D eigenvalue weighted by Crippen LogP contribution is -2.27. The van der Waals surface area contributed by atoms with Gasteiger partial charge >= 0.3 is 0 Å². The largest absolute Gasteiger partial charge is 0.395 e. The fourth-order valence-electron chi connectivity index (χ4n) is 1.16. The molecule has 0 amide bonds. The second kappa shape index (κ2) is 10.7. The predicted octanol–water partition coefficient (Wildman–Crippen LogP) is 1.07. The Morgan fingerprint density at radius 3 is 2.79 bits per heavy atom. The Morgan fingerprint density at radius 1 is 1.36 bits per heavy atom. The van der Waals surface area contributed by atoms with Crippen molar-refractivity contribution in [2.75, 3.05) is 19.7 Å². The lowest BCUT2D eigenvalue weighted by atomic mass is 10.2. The molecule has 0 saturated heterocycles. The first-order valence-corrected chi connectivity index (χ1v) is 5.47. The minimum atomic E-state index is -0.428. The molecule has 0 radical (unpaired) electrons. The summed E-state index contributed by atoms with van der Waals surface area (Å²) in [6.45, 7) is 3.36. The van der Waals surface area contributed by atoms with Crippen LogP contribution in [0.25, 0.3) is 0 Å². The van der Waals surface area contributed by atoms with Crippen molar-refractivity contribution in [3.05, 3.63) is 12.2 Å². The Morgan fingerprint density at radius 2 is 2.14 bits per heavy atom. The molecule has 1 unspecified atom stereocenters. The highest BCUT2D eigenvalue weighted by Gasteiger charge is 1.96. The lowest BCUT2D eigenvalue weighted by molar-refractivity contribution is 0.211. The van der Waals surface area contributed by atoms with Gasteiger partial charge in [0, 0.05) is 13.1 Å². The zero-order chi connectivity index (χ0) is 10.6. The molecule has 0 saturated carbocycles. The van der Waals surface area contributed by atoms with Crippen molar-refractivity contribution >= 4 is 0 Å². The van der Waals surface area contributed by atoms with Crippen molar-refractivity contribution < 1.29 is 10.2 Å². The Kier molecular flexibility index (Phi) is 10.4. The third-order valence-electron chi connectivity index (χ3n) is 1.97. The van der Waals surface area contributed by atoms with Gasteiger partial charge < -0.3 is 15.5 Å². The molecule has 84 valence electrons. The van der Waals surface area contributed by atoms with Gasteiger partial charge in [0.05, 0.1) is 12.7 Å². The highest BCUT2D eigenvalue weighted by atomic mass is 16.3. The summed E-state index contributed by atoms with van der Waals surface area (Å²) in [5.41, 5.74) is 0. The van der Waals surface area contributed by atoms with Gasteiger partial charge in [-0.3, -0.25) is 0 Å². The van der Waals surface area contributed by atoms with Crippen LogP contribution in [0.5, 0.6) is 0 Å². The van der Waals surface area contributed by atoms with Crippen molar-refractivity contribution in [1.29, 1.82) is 0 Å². The molecular formula is C11H23NO2. The van der Waals surface area contributed by atoms with Crippen molar-refractivity contribution in [3.63, 3.8) is 0 Å². The number of aliphatic hydroxyl groups is 2. The molecule has 0 bridgehead atoms. The molecule has 3 heteroatoms. The molecule has 0 aromatic carbocycles. The summed E-state index contributed by atoms with van der Waals surface area (Å²) in [4.78, 5) is 0. The Bertz CT molecular complexity index is 137. The smallest absolute Gasteiger partial charge is 0.0845 e. The molecule has 0 aromatic rings. The quantitative estimate of drug-likeness (QED) is 0.386. The number of unbranched alkanes of at least 4 members (excludes halogenated alkanes) is 3. The van der Waals surface area contributed by atoms with Gasteiger partial charge in [0.1, 0.15) is 0 Å². The molecule has 3 N–H and O–H groups in total. The van der Waals surface area contributed by atoms with E-state index in [1.54, 1.807) is 0 Å². The molecule has 0 rings (SSSR count). The minimum absolute atomic E-state index is 0.118. The van der Waals surface area contributed by atoms with Crippen LogP contribution >= 0.6 is 0 Å². The van der Waals surface area contributed by atoms with E-state index in [1.807, 2.05) is 12.2 Å². The molecule has 0 heterocycles. The number of rotatable bonds is 9. The zero-order valence-electron chi connectivity index (χ0n) is 9.08. The van der Waals surface area contributed by atoms with Gasteiger partial charge in [0.2, 0.25) is 0 Å². The van der Waals surface area contributed by atoms with Crippen LogP contribution in [-0.2, 0) is 0 Å². The summed E-state index contributed by atoms with van der Waals surface area (Å²) in [5.74, 6) is 0. The van der Waals surface area contributed by atoms with Crippen LogP contribution < -0.4 is 5.32 Å². The summed E-state index contributed by atoms with van der Waals surface area (Å²) in [6, 6.07) is 0. The van der Waals surface area contributed by atoms with E-state index in [4.69, 9.17) is 5.11 Å². The number of hydrogen-bond donors (Lipinski definition) is 3. The average Bonchev–Trinajstić information content (AvgIpc) is 2.18. The maximum atomic E-state index is 9.40. The monoisotopic (exact) mass is 201 g/mol. The lowest BCUT2D eigenvalue weighted by Gasteiger charge is -2.05. The Labute approximate surface area is 86.8 Å². The van der Waals surface area contributed by atoms with E-state index in [-0.39, 0.29) is 6.61 Å². The van der Waals surface area contributed by atoms with Gasteiger partial charge in [-0.15, -0.1) is 0 Å². The average molecular weight is 201 g/mol. The predicted molar refractivity (Wildman–Crippen MR) is 59.2 cm³/mol. The molecule has 0 spiro atoms. The first kappa shape index (κ1) is 13.6. The van der Waals surface area contributed by atoms with Gasteiger partial charge in [-0.05, 0) is 12.8 Å². The maximum absolute atomic E-state index is 9.40. The molecular weight excluding hydrogens is 178 g/mol. The second-order valence-electron chi connectivity index (χ2n) is 3.42. The zero-order valence-corrected chi connectivity index (χ0v) is 9.08. The standard InChI is InChI=1S/C11H23NO2/c1-2-3-4-5-6-7-11(14)10-12-8-9-13/h6-7,11-14H,2-5,8-10H2,1H3/b7-6+. The van der Waals surface area contributed by atoms with E-state index in [2.05, 4.69) is 12.2 Å². The maximum Gasteiger partial charge on any atom is 0.0845 e. The van der Waals surface area contributed by atoms with Crippen LogP contribution in [0.2, 0.25) is 0 Å². The number of aliphatic hydroxyl groups excluding tert-OH is 2. The van der Waals surface area contributed by atoms with Crippen LogP contribution in [-0.4, -0.2) is 36.0 Å². The van der Waals surface area contributed by atoms with Gasteiger partial charge in [0.25, 0.3) is 0 Å². The second-order valence-corrected chi connectivity index (χ2v) is 3.42. The van der Waals surface area contributed by atoms with E-state index >= 15 is 0 Å². The summed E-state index contributed by atoms with van der Waals surface area (Å²) in [6.07, 6.45) is 8.15. The Hall–Kier alpha value is -0.380. The van der Waals surface area contributed by atoms with Gasteiger partial charge in [-0.2, -0.15) is 0 Å². The normalized spacial score (nSPS) is 13.6. The highest BCUT2D eigenvalue weighted by molar-refractivity contribution is 4.89. The molecule has 0 aliphatic carbocycles.